The lowest BCUT2D eigenvalue weighted by Crippen LogP contribution is -2.27. The van der Waals surface area contributed by atoms with Crippen molar-refractivity contribution in [3.05, 3.63) is 201 Å². The quantitative estimate of drug-likeness (QED) is 0.0444. The Hall–Kier alpha value is -5.56. The minimum absolute atomic E-state index is 0.133. The summed E-state index contributed by atoms with van der Waals surface area (Å²) in [6, 6.07) is 39.3. The molecule has 0 fully saturated rings. The monoisotopic (exact) mass is 776 g/mol. The van der Waals surface area contributed by atoms with Crippen LogP contribution in [0.1, 0.15) is 23.6 Å². The Morgan fingerprint density at radius 3 is 1.05 bits per heavy atom. The lowest BCUT2D eigenvalue weighted by molar-refractivity contribution is 0.305. The molecule has 284 valence electrons. The Balaban J connectivity index is 1.50. The minimum atomic E-state index is -3.94. The van der Waals surface area contributed by atoms with Gasteiger partial charge in [-0.2, -0.15) is 9.34 Å². The molecule has 5 rings (SSSR count). The van der Waals surface area contributed by atoms with Crippen molar-refractivity contribution in [3.8, 4) is 28.7 Å². The third kappa shape index (κ3) is 9.96. The third-order valence-corrected chi connectivity index (χ3v) is 12.5. The molecule has 1 N–H and O–H groups in total. The molecule has 0 bridgehead atoms. The van der Waals surface area contributed by atoms with Crippen LogP contribution in [0.2, 0.25) is 0 Å². The lowest BCUT2D eigenvalue weighted by Gasteiger charge is -2.33. The highest BCUT2D eigenvalue weighted by Gasteiger charge is 2.38. The lowest BCUT2D eigenvalue weighted by atomic mass is 9.71. The van der Waals surface area contributed by atoms with Crippen molar-refractivity contribution in [1.29, 1.82) is 0 Å². The number of hydrogen-bond donors (Lipinski definition) is 1. The number of phenolic OH excluding ortho intramolecular Hbond substituents is 1. The molecule has 0 spiro atoms. The zero-order valence-electron chi connectivity index (χ0n) is 30.9. The molecule has 2 atom stereocenters. The number of benzene rings is 5. The van der Waals surface area contributed by atoms with E-state index in [1.54, 1.807) is 119 Å². The van der Waals surface area contributed by atoms with Crippen molar-refractivity contribution >= 4 is 15.5 Å². The van der Waals surface area contributed by atoms with Gasteiger partial charge in [0.15, 0.2) is 0 Å². The average molecular weight is 777 g/mol. The molecule has 55 heavy (non-hydrogen) atoms. The molecule has 0 radical (unpaired) electrons. The summed E-state index contributed by atoms with van der Waals surface area (Å²) < 4.78 is 56.4. The first-order valence-electron chi connectivity index (χ1n) is 17.6. The van der Waals surface area contributed by atoms with Crippen molar-refractivity contribution < 1.29 is 32.3 Å². The molecule has 11 heteroatoms. The minimum Gasteiger partial charge on any atom is -0.508 e. The molecular formula is C44H46N2O7P2. The largest absolute Gasteiger partial charge is 0.516 e. The fourth-order valence-electron chi connectivity index (χ4n) is 5.90. The standard InChI is InChI=1S/C44H46N2O7P2/c1-6-32-45(33-7-2)54(48,50-40-16-12-10-13-17-40)52-42-28-22-37(23-29-42)44(5,36-20-26-39(47)27-21-36)38-24-30-43(31-25-38)53-55(49,46(34-8-3)35-9-4)51-41-18-14-11-15-19-41/h6-31,47H,1-4,32-35H2,5H3. The second-order valence-corrected chi connectivity index (χ2v) is 16.3. The van der Waals surface area contributed by atoms with Gasteiger partial charge in [0.1, 0.15) is 28.7 Å². The first-order valence-corrected chi connectivity index (χ1v) is 20.6. The van der Waals surface area contributed by atoms with Gasteiger partial charge in [-0.15, -0.1) is 26.3 Å². The van der Waals surface area contributed by atoms with E-state index in [2.05, 4.69) is 33.2 Å². The van der Waals surface area contributed by atoms with Crippen LogP contribution in [0.4, 0.5) is 0 Å². The predicted octanol–water partition coefficient (Wildman–Crippen LogP) is 11.2. The van der Waals surface area contributed by atoms with E-state index >= 15 is 0 Å². The van der Waals surface area contributed by atoms with E-state index < -0.39 is 20.9 Å². The number of hydrogen-bond acceptors (Lipinski definition) is 7. The first-order chi connectivity index (χ1) is 26.6. The summed E-state index contributed by atoms with van der Waals surface area (Å²) in [7, 11) is -7.89. The summed E-state index contributed by atoms with van der Waals surface area (Å²) in [4.78, 5) is 0. The van der Waals surface area contributed by atoms with Crippen LogP contribution in [0.5, 0.6) is 28.7 Å². The molecule has 0 aromatic heterocycles. The van der Waals surface area contributed by atoms with Gasteiger partial charge in [-0.05, 0) is 84.3 Å². The van der Waals surface area contributed by atoms with Gasteiger partial charge in [-0.3, -0.25) is 0 Å². The normalized spacial score (nSPS) is 14.4. The predicted molar refractivity (Wildman–Crippen MR) is 221 cm³/mol. The van der Waals surface area contributed by atoms with E-state index in [1.165, 1.54) is 0 Å². The van der Waals surface area contributed by atoms with E-state index in [1.807, 2.05) is 48.5 Å². The Morgan fingerprint density at radius 2 is 0.764 bits per heavy atom. The van der Waals surface area contributed by atoms with Crippen LogP contribution >= 0.6 is 15.5 Å². The van der Waals surface area contributed by atoms with Crippen LogP contribution in [-0.2, 0) is 14.5 Å². The Morgan fingerprint density at radius 1 is 0.491 bits per heavy atom. The maximum atomic E-state index is 14.4. The molecule has 5 aromatic carbocycles. The van der Waals surface area contributed by atoms with E-state index in [4.69, 9.17) is 18.1 Å². The number of para-hydroxylation sites is 2. The maximum absolute atomic E-state index is 14.4. The summed E-state index contributed by atoms with van der Waals surface area (Å²) in [6.07, 6.45) is 6.52. The summed E-state index contributed by atoms with van der Waals surface area (Å²) in [5.41, 5.74) is 1.85. The summed E-state index contributed by atoms with van der Waals surface area (Å²) in [5, 5.41) is 10.2. The fourth-order valence-corrected chi connectivity index (χ4v) is 9.25. The van der Waals surface area contributed by atoms with Crippen molar-refractivity contribution in [2.45, 2.75) is 12.3 Å². The van der Waals surface area contributed by atoms with Crippen LogP contribution in [0.3, 0.4) is 0 Å². The van der Waals surface area contributed by atoms with Gasteiger partial charge in [0.05, 0.1) is 0 Å². The van der Waals surface area contributed by atoms with Gasteiger partial charge in [-0.1, -0.05) is 97.1 Å². The van der Waals surface area contributed by atoms with E-state index in [-0.39, 0.29) is 31.9 Å². The van der Waals surface area contributed by atoms with E-state index in [9.17, 15) is 14.2 Å². The first kappa shape index (κ1) is 40.6. The number of nitrogens with zero attached hydrogens (tertiary/aromatic N) is 2. The van der Waals surface area contributed by atoms with Gasteiger partial charge in [-0.25, -0.2) is 9.13 Å². The molecule has 0 aliphatic heterocycles. The van der Waals surface area contributed by atoms with E-state index in [0.29, 0.717) is 23.0 Å². The highest BCUT2D eigenvalue weighted by Crippen LogP contribution is 2.53. The van der Waals surface area contributed by atoms with Crippen molar-refractivity contribution in [3.63, 3.8) is 0 Å². The molecular weight excluding hydrogens is 730 g/mol. The van der Waals surface area contributed by atoms with E-state index in [0.717, 1.165) is 16.7 Å². The highest BCUT2D eigenvalue weighted by molar-refractivity contribution is 7.52. The Kier molecular flexibility index (Phi) is 13.8. The summed E-state index contributed by atoms with van der Waals surface area (Å²) in [5.74, 6) is 1.58. The number of aromatic hydroxyl groups is 1. The molecule has 0 amide bonds. The SMILES string of the molecule is C=CCN(CC=C)P(=O)(Oc1ccccc1)Oc1ccc(C(C)(c2ccc(O)cc2)c2ccc(OP(=O)(Oc3ccccc3)N(CC=C)CC=C)cc2)cc1. The van der Waals surface area contributed by atoms with Crippen LogP contribution in [-0.4, -0.2) is 40.6 Å². The van der Waals surface area contributed by atoms with Crippen LogP contribution < -0.4 is 18.1 Å². The number of rotatable bonds is 21. The molecule has 0 saturated carbocycles. The van der Waals surface area contributed by atoms with Gasteiger partial charge in [0, 0.05) is 31.6 Å². The summed E-state index contributed by atoms with van der Waals surface area (Å²) in [6.45, 7) is 18.3. The second-order valence-electron chi connectivity index (χ2n) is 12.5. The van der Waals surface area contributed by atoms with Crippen LogP contribution in [0.15, 0.2) is 184 Å². The maximum Gasteiger partial charge on any atom is 0.516 e. The van der Waals surface area contributed by atoms with Gasteiger partial charge < -0.3 is 23.2 Å². The molecule has 9 nitrogen and oxygen atoms in total. The highest BCUT2D eigenvalue weighted by atomic mass is 31.2. The Labute approximate surface area is 324 Å². The van der Waals surface area contributed by atoms with Crippen LogP contribution in [0, 0.1) is 0 Å². The van der Waals surface area contributed by atoms with Crippen LogP contribution in [0.25, 0.3) is 0 Å². The molecule has 5 aromatic rings. The third-order valence-electron chi connectivity index (χ3n) is 8.73. The topological polar surface area (TPSA) is 97.8 Å². The number of phenols is 1. The van der Waals surface area contributed by atoms with Crippen molar-refractivity contribution in [2.24, 2.45) is 0 Å². The molecule has 0 saturated heterocycles. The molecule has 0 aliphatic carbocycles. The smallest absolute Gasteiger partial charge is 0.508 e. The zero-order valence-corrected chi connectivity index (χ0v) is 32.6. The zero-order chi connectivity index (χ0) is 39.3. The summed E-state index contributed by atoms with van der Waals surface area (Å²) >= 11 is 0. The molecule has 0 heterocycles. The second kappa shape index (κ2) is 18.7. The fraction of sp³-hybridized carbons (Fsp3) is 0.136. The van der Waals surface area contributed by atoms with Gasteiger partial charge in [0.25, 0.3) is 0 Å². The van der Waals surface area contributed by atoms with Crippen molar-refractivity contribution in [1.82, 2.24) is 9.34 Å². The molecule has 2 unspecified atom stereocenters. The van der Waals surface area contributed by atoms with Gasteiger partial charge >= 0.3 is 15.5 Å². The van der Waals surface area contributed by atoms with Crippen molar-refractivity contribution in [2.75, 3.05) is 26.2 Å². The average Bonchev–Trinajstić information content (AvgIpc) is 3.19. The van der Waals surface area contributed by atoms with Gasteiger partial charge in [0.2, 0.25) is 0 Å². The Bertz CT molecular complexity index is 1980. The molecule has 0 aliphatic rings.